The van der Waals surface area contributed by atoms with Crippen LogP contribution in [-0.2, 0) is 32.0 Å². The SMILES string of the molecule is Cn1c(=O)c2c(nc(C[NH+]3CCCCC3)n2CC(=O)C(C)(C)C)n(C)c1=O. The van der Waals surface area contributed by atoms with Crippen LogP contribution in [0.2, 0.25) is 0 Å². The first-order valence-electron chi connectivity index (χ1n) is 9.63. The molecular weight excluding hydrogens is 346 g/mol. The van der Waals surface area contributed by atoms with Gasteiger partial charge in [0.05, 0.1) is 19.6 Å². The fraction of sp³-hybridized carbons (Fsp3) is 0.684. The maximum absolute atomic E-state index is 12.8. The van der Waals surface area contributed by atoms with Crippen molar-refractivity contribution in [2.24, 2.45) is 19.5 Å². The van der Waals surface area contributed by atoms with Crippen molar-refractivity contribution in [3.63, 3.8) is 0 Å². The Balaban J connectivity index is 2.17. The van der Waals surface area contributed by atoms with E-state index < -0.39 is 16.7 Å². The van der Waals surface area contributed by atoms with E-state index in [-0.39, 0.29) is 12.3 Å². The molecule has 8 nitrogen and oxygen atoms in total. The topological polar surface area (TPSA) is 83.3 Å². The lowest BCUT2D eigenvalue weighted by molar-refractivity contribution is -0.919. The van der Waals surface area contributed by atoms with Crippen LogP contribution < -0.4 is 16.1 Å². The second-order valence-electron chi connectivity index (χ2n) is 8.65. The lowest BCUT2D eigenvalue weighted by Gasteiger charge is -2.24. The fourth-order valence-electron chi connectivity index (χ4n) is 3.63. The number of piperidine rings is 1. The van der Waals surface area contributed by atoms with Gasteiger partial charge in [-0.3, -0.25) is 18.7 Å². The van der Waals surface area contributed by atoms with E-state index in [2.05, 4.69) is 4.98 Å². The Morgan fingerprint density at radius 1 is 1.07 bits per heavy atom. The van der Waals surface area contributed by atoms with E-state index in [1.165, 1.54) is 35.8 Å². The van der Waals surface area contributed by atoms with Crippen LogP contribution in [0.5, 0.6) is 0 Å². The van der Waals surface area contributed by atoms with Gasteiger partial charge in [0, 0.05) is 19.5 Å². The summed E-state index contributed by atoms with van der Waals surface area (Å²) in [5, 5.41) is 0. The molecule has 3 rings (SSSR count). The van der Waals surface area contributed by atoms with E-state index in [9.17, 15) is 14.4 Å². The first-order valence-corrected chi connectivity index (χ1v) is 9.63. The largest absolute Gasteiger partial charge is 0.332 e. The van der Waals surface area contributed by atoms with Crippen LogP contribution in [0.25, 0.3) is 11.2 Å². The summed E-state index contributed by atoms with van der Waals surface area (Å²) in [5.41, 5.74) is -0.629. The average Bonchev–Trinajstić information content (AvgIpc) is 2.96. The van der Waals surface area contributed by atoms with Gasteiger partial charge in [-0.05, 0) is 19.3 Å². The van der Waals surface area contributed by atoms with Crippen molar-refractivity contribution in [3.8, 4) is 0 Å². The third-order valence-corrected chi connectivity index (χ3v) is 5.53. The number of aromatic nitrogens is 4. The molecule has 1 saturated heterocycles. The molecule has 0 saturated carbocycles. The van der Waals surface area contributed by atoms with Gasteiger partial charge in [-0.15, -0.1) is 0 Å². The number of aryl methyl sites for hydroxylation is 1. The quantitative estimate of drug-likeness (QED) is 0.788. The fourth-order valence-corrected chi connectivity index (χ4v) is 3.63. The van der Waals surface area contributed by atoms with E-state index in [0.717, 1.165) is 17.7 Å². The Bertz CT molecular complexity index is 984. The second kappa shape index (κ2) is 7.07. The van der Waals surface area contributed by atoms with Crippen molar-refractivity contribution in [2.75, 3.05) is 13.1 Å². The normalized spacial score (nSPS) is 16.2. The number of nitrogens with one attached hydrogen (secondary N) is 1. The highest BCUT2D eigenvalue weighted by Crippen LogP contribution is 2.18. The number of rotatable bonds is 4. The van der Waals surface area contributed by atoms with E-state index in [0.29, 0.717) is 23.5 Å². The number of imidazole rings is 1. The zero-order valence-electron chi connectivity index (χ0n) is 17.0. The van der Waals surface area contributed by atoms with Crippen LogP contribution in [0.4, 0.5) is 0 Å². The number of quaternary nitrogens is 1. The molecule has 1 aliphatic rings. The average molecular weight is 376 g/mol. The molecule has 8 heteroatoms. The van der Waals surface area contributed by atoms with E-state index in [4.69, 9.17) is 0 Å². The van der Waals surface area contributed by atoms with Gasteiger partial charge in [0.1, 0.15) is 6.54 Å². The van der Waals surface area contributed by atoms with Crippen molar-refractivity contribution < 1.29 is 9.69 Å². The molecule has 1 N–H and O–H groups in total. The van der Waals surface area contributed by atoms with Gasteiger partial charge in [0.25, 0.3) is 5.56 Å². The van der Waals surface area contributed by atoms with Gasteiger partial charge in [-0.2, -0.15) is 0 Å². The lowest BCUT2D eigenvalue weighted by atomic mass is 9.91. The number of carbonyl (C=O) groups excluding carboxylic acids is 1. The highest BCUT2D eigenvalue weighted by atomic mass is 16.2. The molecule has 0 bridgehead atoms. The number of hydrogen-bond donors (Lipinski definition) is 1. The molecular formula is C19H30N5O3+. The molecule has 1 aliphatic heterocycles. The summed E-state index contributed by atoms with van der Waals surface area (Å²) < 4.78 is 4.22. The van der Waals surface area contributed by atoms with Gasteiger partial charge in [0.15, 0.2) is 22.8 Å². The summed E-state index contributed by atoms with van der Waals surface area (Å²) in [4.78, 5) is 43.9. The summed E-state index contributed by atoms with van der Waals surface area (Å²) in [6, 6.07) is 0. The van der Waals surface area contributed by atoms with Crippen molar-refractivity contribution in [3.05, 3.63) is 26.7 Å². The third kappa shape index (κ3) is 3.63. The minimum atomic E-state index is -0.516. The minimum absolute atomic E-state index is 0.0348. The molecule has 0 aromatic carbocycles. The van der Waals surface area contributed by atoms with Crippen LogP contribution >= 0.6 is 0 Å². The molecule has 0 aliphatic carbocycles. The van der Waals surface area contributed by atoms with E-state index in [1.54, 1.807) is 11.6 Å². The molecule has 0 atom stereocenters. The van der Waals surface area contributed by atoms with Gasteiger partial charge in [-0.25, -0.2) is 9.78 Å². The van der Waals surface area contributed by atoms with Crippen LogP contribution in [0.3, 0.4) is 0 Å². The Morgan fingerprint density at radius 3 is 2.30 bits per heavy atom. The Hall–Kier alpha value is -2.22. The van der Waals surface area contributed by atoms with Crippen molar-refractivity contribution in [1.82, 2.24) is 18.7 Å². The zero-order valence-corrected chi connectivity index (χ0v) is 17.0. The highest BCUT2D eigenvalue weighted by molar-refractivity contribution is 5.85. The zero-order chi connectivity index (χ0) is 19.9. The number of carbonyl (C=O) groups is 1. The first-order chi connectivity index (χ1) is 12.6. The molecule has 2 aromatic heterocycles. The summed E-state index contributed by atoms with van der Waals surface area (Å²) in [7, 11) is 3.08. The highest BCUT2D eigenvalue weighted by Gasteiger charge is 2.27. The van der Waals surface area contributed by atoms with Crippen LogP contribution in [0.1, 0.15) is 45.9 Å². The Morgan fingerprint density at radius 2 is 1.70 bits per heavy atom. The maximum atomic E-state index is 12.8. The minimum Gasteiger partial charge on any atom is -0.329 e. The number of hydrogen-bond acceptors (Lipinski definition) is 4. The lowest BCUT2D eigenvalue weighted by Crippen LogP contribution is -3.11. The maximum Gasteiger partial charge on any atom is 0.332 e. The molecule has 0 unspecified atom stereocenters. The predicted molar refractivity (Wildman–Crippen MR) is 103 cm³/mol. The number of likely N-dealkylation sites (tertiary alicyclic amines) is 1. The van der Waals surface area contributed by atoms with Crippen molar-refractivity contribution in [1.29, 1.82) is 0 Å². The molecule has 148 valence electrons. The van der Waals surface area contributed by atoms with Gasteiger partial charge in [0.2, 0.25) is 0 Å². The second-order valence-corrected chi connectivity index (χ2v) is 8.65. The molecule has 3 heterocycles. The van der Waals surface area contributed by atoms with Gasteiger partial charge < -0.3 is 9.47 Å². The van der Waals surface area contributed by atoms with E-state index >= 15 is 0 Å². The van der Waals surface area contributed by atoms with E-state index in [1.807, 2.05) is 20.8 Å². The molecule has 0 spiro atoms. The third-order valence-electron chi connectivity index (χ3n) is 5.53. The van der Waals surface area contributed by atoms with Crippen LogP contribution in [0.15, 0.2) is 9.59 Å². The summed E-state index contributed by atoms with van der Waals surface area (Å²) >= 11 is 0. The summed E-state index contributed by atoms with van der Waals surface area (Å²) in [5.74, 6) is 0.741. The Kier molecular flexibility index (Phi) is 5.12. The summed E-state index contributed by atoms with van der Waals surface area (Å²) in [6.07, 6.45) is 3.60. The van der Waals surface area contributed by atoms with Crippen LogP contribution in [0, 0.1) is 5.41 Å². The number of ketones is 1. The smallest absolute Gasteiger partial charge is 0.329 e. The molecule has 27 heavy (non-hydrogen) atoms. The number of Topliss-reactive ketones (excluding diaryl/α,β-unsaturated/α-hetero) is 1. The molecule has 1 fully saturated rings. The molecule has 2 aromatic rings. The standard InChI is InChI=1S/C19H29N5O3/c1-19(2,3)13(25)11-24-14(12-23-9-7-6-8-10-23)20-16-15(24)17(26)22(5)18(27)21(16)4/h6-12H2,1-5H3/p+1. The van der Waals surface area contributed by atoms with Crippen LogP contribution in [-0.4, -0.2) is 37.6 Å². The van der Waals surface area contributed by atoms with Gasteiger partial charge in [-0.1, -0.05) is 20.8 Å². The van der Waals surface area contributed by atoms with Crippen molar-refractivity contribution >= 4 is 16.9 Å². The van der Waals surface area contributed by atoms with Gasteiger partial charge >= 0.3 is 5.69 Å². The summed E-state index contributed by atoms with van der Waals surface area (Å²) in [6.45, 7) is 8.49. The monoisotopic (exact) mass is 376 g/mol. The number of fused-ring (bicyclic) bond motifs is 1. The number of nitrogens with zero attached hydrogens (tertiary/aromatic N) is 4. The predicted octanol–water partition coefficient (Wildman–Crippen LogP) is -0.382. The molecule has 0 amide bonds. The first kappa shape index (κ1) is 19.5. The van der Waals surface area contributed by atoms with Crippen molar-refractivity contribution in [2.45, 2.75) is 53.1 Å². The Labute approximate surface area is 158 Å². The molecule has 0 radical (unpaired) electrons.